The minimum atomic E-state index is -0.591. The number of fused-ring (bicyclic) bond motifs is 3. The van der Waals surface area contributed by atoms with Crippen molar-refractivity contribution in [3.63, 3.8) is 0 Å². The Balaban J connectivity index is 1.47. The fourth-order valence-electron chi connectivity index (χ4n) is 6.53. The molecule has 1 N–H and O–H groups in total. The number of para-hydroxylation sites is 2. The van der Waals surface area contributed by atoms with Crippen LogP contribution in [0, 0.1) is 0 Å². The molecule has 1 aliphatic carbocycles. The predicted molar refractivity (Wildman–Crippen MR) is 124 cm³/mol. The third-order valence-electron chi connectivity index (χ3n) is 7.83. The molecule has 1 aromatic heterocycles. The van der Waals surface area contributed by atoms with Crippen molar-refractivity contribution in [1.82, 2.24) is 19.9 Å². The zero-order chi connectivity index (χ0) is 22.1. The maximum atomic E-state index is 13.5. The summed E-state index contributed by atoms with van der Waals surface area (Å²) >= 11 is 0. The molecule has 3 atom stereocenters. The molecule has 3 aliphatic rings. The number of carbonyl (C=O) groups is 1. The van der Waals surface area contributed by atoms with E-state index in [1.807, 2.05) is 28.8 Å². The summed E-state index contributed by atoms with van der Waals surface area (Å²) in [5.41, 5.74) is 3.34. The van der Waals surface area contributed by atoms with E-state index in [4.69, 9.17) is 4.84 Å². The average molecular weight is 439 g/mol. The van der Waals surface area contributed by atoms with Crippen molar-refractivity contribution >= 4 is 16.9 Å². The molecule has 0 radical (unpaired) electrons. The summed E-state index contributed by atoms with van der Waals surface area (Å²) in [7, 11) is 1.36. The Morgan fingerprint density at radius 2 is 1.59 bits per heavy atom. The summed E-state index contributed by atoms with van der Waals surface area (Å²) < 4.78 is 1.85. The Hall–Kier alpha value is -2.25. The maximum Gasteiger partial charge on any atom is 0.299 e. The largest absolute Gasteiger partial charge is 0.302 e. The van der Waals surface area contributed by atoms with E-state index >= 15 is 0 Å². The maximum absolute atomic E-state index is 13.5. The number of benzene rings is 1. The van der Waals surface area contributed by atoms with Gasteiger partial charge < -0.3 is 4.57 Å². The Morgan fingerprint density at radius 3 is 2.28 bits per heavy atom. The first-order valence-corrected chi connectivity index (χ1v) is 12.3. The molecule has 2 saturated heterocycles. The van der Waals surface area contributed by atoms with Crippen LogP contribution in [-0.2, 0) is 4.84 Å². The number of piperidine rings is 1. The highest BCUT2D eigenvalue weighted by atomic mass is 16.6. The van der Waals surface area contributed by atoms with Gasteiger partial charge in [0.05, 0.1) is 18.1 Å². The zero-order valence-corrected chi connectivity index (χ0v) is 19.0. The molecule has 0 spiro atoms. The molecule has 1 saturated carbocycles. The molecular formula is C25H34N4O3. The van der Waals surface area contributed by atoms with Crippen LogP contribution in [0.3, 0.4) is 0 Å². The van der Waals surface area contributed by atoms with Crippen molar-refractivity contribution in [3.05, 3.63) is 40.3 Å². The van der Waals surface area contributed by atoms with Crippen LogP contribution in [0.4, 0.5) is 0 Å². The van der Waals surface area contributed by atoms with E-state index < -0.39 is 5.91 Å². The Morgan fingerprint density at radius 1 is 0.938 bits per heavy atom. The highest BCUT2D eigenvalue weighted by Crippen LogP contribution is 2.44. The van der Waals surface area contributed by atoms with Crippen LogP contribution < -0.4 is 11.0 Å². The predicted octanol–water partition coefficient (Wildman–Crippen LogP) is 3.97. The third-order valence-corrected chi connectivity index (χ3v) is 7.83. The van der Waals surface area contributed by atoms with Gasteiger partial charge in [-0.1, -0.05) is 44.2 Å². The van der Waals surface area contributed by atoms with Crippen molar-refractivity contribution in [2.24, 2.45) is 0 Å². The van der Waals surface area contributed by atoms with Gasteiger partial charge in [-0.05, 0) is 50.7 Å². The molecule has 3 fully saturated rings. The molecule has 7 nitrogen and oxygen atoms in total. The van der Waals surface area contributed by atoms with Gasteiger partial charge in [-0.2, -0.15) is 0 Å². The highest BCUT2D eigenvalue weighted by molar-refractivity contribution is 5.93. The Bertz CT molecular complexity index is 1010. The molecule has 2 bridgehead atoms. The van der Waals surface area contributed by atoms with Crippen LogP contribution >= 0.6 is 0 Å². The normalized spacial score (nSPS) is 27.2. The minimum absolute atomic E-state index is 0.0896. The van der Waals surface area contributed by atoms with Crippen molar-refractivity contribution in [1.29, 1.82) is 0 Å². The van der Waals surface area contributed by atoms with Crippen LogP contribution in [0.15, 0.2) is 29.1 Å². The summed E-state index contributed by atoms with van der Waals surface area (Å²) in [6.07, 6.45) is 13.8. The molecule has 5 rings (SSSR count). The quantitative estimate of drug-likeness (QED) is 0.731. The first-order chi connectivity index (χ1) is 15.7. The second-order valence-electron chi connectivity index (χ2n) is 9.72. The monoisotopic (exact) mass is 438 g/mol. The smallest absolute Gasteiger partial charge is 0.299 e. The molecule has 3 heterocycles. The first-order valence-electron chi connectivity index (χ1n) is 12.3. The number of carbonyl (C=O) groups excluding carboxylic acids is 1. The molecule has 2 aliphatic heterocycles. The molecule has 7 heteroatoms. The van der Waals surface area contributed by atoms with Gasteiger partial charge in [0.2, 0.25) is 0 Å². The van der Waals surface area contributed by atoms with Gasteiger partial charge in [0, 0.05) is 24.2 Å². The highest BCUT2D eigenvalue weighted by Gasteiger charge is 2.44. The van der Waals surface area contributed by atoms with E-state index in [2.05, 4.69) is 15.4 Å². The lowest BCUT2D eigenvalue weighted by molar-refractivity contribution is 0.0488. The Kier molecular flexibility index (Phi) is 6.28. The third kappa shape index (κ3) is 3.97. The average Bonchev–Trinajstić information content (AvgIpc) is 3.02. The number of hydrogen-bond donors (Lipinski definition) is 1. The lowest BCUT2D eigenvalue weighted by atomic mass is 9.89. The first kappa shape index (κ1) is 21.6. The van der Waals surface area contributed by atoms with Crippen LogP contribution in [-0.4, -0.2) is 45.6 Å². The van der Waals surface area contributed by atoms with Gasteiger partial charge in [0.15, 0.2) is 5.69 Å². The topological polar surface area (TPSA) is 76.5 Å². The van der Waals surface area contributed by atoms with Crippen molar-refractivity contribution < 1.29 is 9.63 Å². The zero-order valence-electron chi connectivity index (χ0n) is 19.0. The van der Waals surface area contributed by atoms with E-state index in [-0.39, 0.29) is 17.3 Å². The van der Waals surface area contributed by atoms with E-state index in [0.29, 0.717) is 23.6 Å². The summed E-state index contributed by atoms with van der Waals surface area (Å²) in [5, 5.41) is 0. The number of aromatic nitrogens is 2. The van der Waals surface area contributed by atoms with Gasteiger partial charge in [-0.15, -0.1) is 0 Å². The van der Waals surface area contributed by atoms with E-state index in [1.54, 1.807) is 0 Å². The van der Waals surface area contributed by atoms with Gasteiger partial charge in [0.25, 0.3) is 11.5 Å². The molecule has 1 unspecified atom stereocenters. The molecule has 172 valence electrons. The lowest BCUT2D eigenvalue weighted by Crippen LogP contribution is -2.50. The number of nitrogens with one attached hydrogen (secondary N) is 1. The number of hydrogen-bond acceptors (Lipinski definition) is 5. The minimum Gasteiger partial charge on any atom is -0.302 e. The van der Waals surface area contributed by atoms with E-state index in [0.717, 1.165) is 18.4 Å². The van der Waals surface area contributed by atoms with Gasteiger partial charge in [-0.25, -0.2) is 10.5 Å². The van der Waals surface area contributed by atoms with Gasteiger partial charge in [0.1, 0.15) is 0 Å². The molecule has 32 heavy (non-hydrogen) atoms. The van der Waals surface area contributed by atoms with Crippen LogP contribution in [0.2, 0.25) is 0 Å². The fraction of sp³-hybridized carbons (Fsp3) is 0.640. The van der Waals surface area contributed by atoms with Crippen LogP contribution in [0.5, 0.6) is 0 Å². The molecule has 2 aromatic rings. The summed E-state index contributed by atoms with van der Waals surface area (Å²) in [5.74, 6) is -0.591. The second kappa shape index (κ2) is 9.32. The van der Waals surface area contributed by atoms with E-state index in [1.165, 1.54) is 64.9 Å². The van der Waals surface area contributed by atoms with Crippen molar-refractivity contribution in [2.75, 3.05) is 7.11 Å². The standard InChI is InChI=1S/C25H34N4O3/c1-32-27-24(30)23-25(31)29(22-12-8-7-11-21(22)26-23)20-15-18-13-14-19(16-20)28(18)17-9-5-3-2-4-6-10-17/h7-8,11-12,17-20H,2-6,9-10,13-16H2,1H3,(H,27,30)/t18-,19+,20?. The fourth-order valence-corrected chi connectivity index (χ4v) is 6.53. The second-order valence-corrected chi connectivity index (χ2v) is 9.72. The lowest BCUT2D eigenvalue weighted by Gasteiger charge is -2.45. The van der Waals surface area contributed by atoms with Crippen LogP contribution in [0.1, 0.15) is 87.2 Å². The van der Waals surface area contributed by atoms with Gasteiger partial charge in [-0.3, -0.25) is 19.3 Å². The summed E-state index contributed by atoms with van der Waals surface area (Å²) in [6.45, 7) is 0. The molecular weight excluding hydrogens is 404 g/mol. The number of amides is 1. The molecule has 1 amide bonds. The number of rotatable bonds is 4. The van der Waals surface area contributed by atoms with Crippen molar-refractivity contribution in [2.45, 2.75) is 94.8 Å². The van der Waals surface area contributed by atoms with Crippen molar-refractivity contribution in [3.8, 4) is 0 Å². The van der Waals surface area contributed by atoms with Crippen LogP contribution in [0.25, 0.3) is 11.0 Å². The van der Waals surface area contributed by atoms with Gasteiger partial charge >= 0.3 is 0 Å². The number of hydroxylamine groups is 1. The summed E-state index contributed by atoms with van der Waals surface area (Å²) in [6, 6.07) is 9.49. The summed E-state index contributed by atoms with van der Waals surface area (Å²) in [4.78, 5) is 37.9. The SMILES string of the molecule is CONC(=O)c1nc2ccccc2n(C2C[C@H]3CC[C@@H](C2)N3C2CCCCCCC2)c1=O. The molecule has 1 aromatic carbocycles. The van der Waals surface area contributed by atoms with E-state index in [9.17, 15) is 9.59 Å². The number of nitrogens with zero attached hydrogens (tertiary/aromatic N) is 3. The Labute approximate surface area is 189 Å².